The summed E-state index contributed by atoms with van der Waals surface area (Å²) < 4.78 is 5.31. The minimum atomic E-state index is -0.494. The zero-order chi connectivity index (χ0) is 21.9. The van der Waals surface area contributed by atoms with Gasteiger partial charge in [0.15, 0.2) is 0 Å². The van der Waals surface area contributed by atoms with Crippen LogP contribution in [-0.4, -0.2) is 36.4 Å². The molecule has 0 fully saturated rings. The van der Waals surface area contributed by atoms with Gasteiger partial charge in [0.05, 0.1) is 7.11 Å². The maximum atomic E-state index is 13.2. The number of likely N-dealkylation sites (N-methyl/N-ethyl adjacent to an activating group) is 1. The van der Waals surface area contributed by atoms with Gasteiger partial charge in [0.2, 0.25) is 11.8 Å². The normalized spacial score (nSPS) is 11.6. The van der Waals surface area contributed by atoms with Gasteiger partial charge in [-0.3, -0.25) is 9.59 Å². The first-order chi connectivity index (χ1) is 14.5. The number of ether oxygens (including phenoxy) is 1. The van der Waals surface area contributed by atoms with Crippen LogP contribution in [0.5, 0.6) is 5.75 Å². The van der Waals surface area contributed by atoms with Gasteiger partial charge in [-0.2, -0.15) is 0 Å². The van der Waals surface area contributed by atoms with Gasteiger partial charge in [0, 0.05) is 19.5 Å². The molecule has 1 N–H and O–H groups in total. The van der Waals surface area contributed by atoms with E-state index in [1.165, 1.54) is 5.56 Å². The molecule has 0 saturated carbocycles. The number of nitrogens with one attached hydrogen (secondary N) is 1. The molecule has 0 unspecified atom stereocenters. The fraction of sp³-hybridized carbons (Fsp3) is 0.440. The van der Waals surface area contributed by atoms with Gasteiger partial charge in [0.1, 0.15) is 11.8 Å². The van der Waals surface area contributed by atoms with Gasteiger partial charge in [-0.05, 0) is 55.0 Å². The highest BCUT2D eigenvalue weighted by Crippen LogP contribution is 2.19. The molecule has 0 bridgehead atoms. The van der Waals surface area contributed by atoms with E-state index in [4.69, 9.17) is 4.74 Å². The number of methoxy groups -OCH3 is 1. The molecule has 2 aromatic carbocycles. The Morgan fingerprint density at radius 3 is 2.30 bits per heavy atom. The minimum Gasteiger partial charge on any atom is -0.497 e. The smallest absolute Gasteiger partial charge is 0.242 e. The van der Waals surface area contributed by atoms with Crippen molar-refractivity contribution < 1.29 is 14.3 Å². The fourth-order valence-corrected chi connectivity index (χ4v) is 3.52. The van der Waals surface area contributed by atoms with E-state index in [1.54, 1.807) is 12.0 Å². The third kappa shape index (κ3) is 6.61. The molecule has 2 amide bonds. The van der Waals surface area contributed by atoms with Gasteiger partial charge >= 0.3 is 0 Å². The maximum absolute atomic E-state index is 13.2. The molecule has 0 radical (unpaired) electrons. The zero-order valence-corrected chi connectivity index (χ0v) is 18.6. The number of benzene rings is 2. The van der Waals surface area contributed by atoms with E-state index < -0.39 is 6.04 Å². The predicted octanol–water partition coefficient (Wildman–Crippen LogP) is 4.13. The summed E-state index contributed by atoms with van der Waals surface area (Å²) in [4.78, 5) is 27.6. The maximum Gasteiger partial charge on any atom is 0.242 e. The van der Waals surface area contributed by atoms with Crippen molar-refractivity contribution in [3.05, 3.63) is 65.2 Å². The second kappa shape index (κ2) is 12.0. The first kappa shape index (κ1) is 23.5. The molecule has 1 atom stereocenters. The molecule has 162 valence electrons. The van der Waals surface area contributed by atoms with Crippen LogP contribution in [-0.2, 0) is 29.0 Å². The largest absolute Gasteiger partial charge is 0.497 e. The summed E-state index contributed by atoms with van der Waals surface area (Å²) in [5.74, 6) is 0.612. The van der Waals surface area contributed by atoms with Crippen molar-refractivity contribution in [2.45, 2.75) is 59.0 Å². The number of carbonyl (C=O) groups excluding carboxylic acids is 2. The molecule has 0 saturated heterocycles. The molecule has 0 heterocycles. The Bertz CT molecular complexity index is 817. The fourth-order valence-electron chi connectivity index (χ4n) is 3.52. The number of nitrogens with zero attached hydrogens (tertiary/aromatic N) is 1. The standard InChI is InChI=1S/C25H34N2O3/c1-5-19-11-13-20(14-12-19)15-16-24(28)27(23(6-2)25(29)26-7-3)18-21-9-8-10-22(17-21)30-4/h8-14,17,23H,5-7,15-16,18H2,1-4H3,(H,26,29)/t23-/m0/s1. The third-order valence-electron chi connectivity index (χ3n) is 5.28. The summed E-state index contributed by atoms with van der Waals surface area (Å²) in [6.45, 7) is 6.87. The van der Waals surface area contributed by atoms with Crippen LogP contribution in [0, 0.1) is 0 Å². The Morgan fingerprint density at radius 2 is 1.70 bits per heavy atom. The van der Waals surface area contributed by atoms with Crippen molar-refractivity contribution in [3.8, 4) is 5.75 Å². The van der Waals surface area contributed by atoms with Crippen molar-refractivity contribution in [1.29, 1.82) is 0 Å². The van der Waals surface area contributed by atoms with E-state index in [2.05, 4.69) is 36.5 Å². The lowest BCUT2D eigenvalue weighted by molar-refractivity contribution is -0.141. The number of hydrogen-bond donors (Lipinski definition) is 1. The van der Waals surface area contributed by atoms with E-state index in [9.17, 15) is 9.59 Å². The van der Waals surface area contributed by atoms with Gasteiger partial charge in [-0.15, -0.1) is 0 Å². The lowest BCUT2D eigenvalue weighted by Crippen LogP contribution is -2.49. The number of carbonyl (C=O) groups is 2. The topological polar surface area (TPSA) is 58.6 Å². The summed E-state index contributed by atoms with van der Waals surface area (Å²) in [6.07, 6.45) is 2.58. The molecular formula is C25H34N2O3. The Balaban J connectivity index is 2.18. The van der Waals surface area contributed by atoms with Crippen LogP contribution in [0.2, 0.25) is 0 Å². The Morgan fingerprint density at radius 1 is 1.00 bits per heavy atom. The van der Waals surface area contributed by atoms with E-state index in [1.807, 2.05) is 38.1 Å². The number of hydrogen-bond acceptors (Lipinski definition) is 3. The molecule has 5 nitrogen and oxygen atoms in total. The lowest BCUT2D eigenvalue weighted by Gasteiger charge is -2.30. The van der Waals surface area contributed by atoms with Crippen molar-refractivity contribution >= 4 is 11.8 Å². The van der Waals surface area contributed by atoms with E-state index in [-0.39, 0.29) is 11.8 Å². The van der Waals surface area contributed by atoms with Crippen LogP contribution in [0.4, 0.5) is 0 Å². The van der Waals surface area contributed by atoms with E-state index >= 15 is 0 Å². The first-order valence-electron chi connectivity index (χ1n) is 10.8. The predicted molar refractivity (Wildman–Crippen MR) is 120 cm³/mol. The van der Waals surface area contributed by atoms with Crippen molar-refractivity contribution in [2.24, 2.45) is 0 Å². The number of rotatable bonds is 11. The summed E-state index contributed by atoms with van der Waals surface area (Å²) >= 11 is 0. The second-order valence-electron chi connectivity index (χ2n) is 7.36. The molecule has 5 heteroatoms. The van der Waals surface area contributed by atoms with Crippen molar-refractivity contribution in [2.75, 3.05) is 13.7 Å². The average Bonchev–Trinajstić information content (AvgIpc) is 2.78. The highest BCUT2D eigenvalue weighted by atomic mass is 16.5. The molecule has 30 heavy (non-hydrogen) atoms. The quantitative estimate of drug-likeness (QED) is 0.606. The number of amides is 2. The summed E-state index contributed by atoms with van der Waals surface area (Å²) in [6, 6.07) is 15.5. The van der Waals surface area contributed by atoms with Gasteiger partial charge in [0.25, 0.3) is 0 Å². The first-order valence-corrected chi connectivity index (χ1v) is 10.8. The highest BCUT2D eigenvalue weighted by Gasteiger charge is 2.28. The summed E-state index contributed by atoms with van der Waals surface area (Å²) in [5.41, 5.74) is 3.36. The lowest BCUT2D eigenvalue weighted by atomic mass is 10.0. The van der Waals surface area contributed by atoms with Crippen LogP contribution in [0.25, 0.3) is 0 Å². The van der Waals surface area contributed by atoms with Gasteiger partial charge in [-0.25, -0.2) is 0 Å². The SMILES string of the molecule is CCNC(=O)[C@H](CC)N(Cc1cccc(OC)c1)C(=O)CCc1ccc(CC)cc1. The second-order valence-corrected chi connectivity index (χ2v) is 7.36. The monoisotopic (exact) mass is 410 g/mol. The molecule has 0 aromatic heterocycles. The van der Waals surface area contributed by atoms with Crippen LogP contribution >= 0.6 is 0 Å². The minimum absolute atomic E-state index is 0.0181. The van der Waals surface area contributed by atoms with Crippen molar-refractivity contribution in [3.63, 3.8) is 0 Å². The Labute approximate surface area is 180 Å². The molecule has 2 rings (SSSR count). The Hall–Kier alpha value is -2.82. The molecular weight excluding hydrogens is 376 g/mol. The zero-order valence-electron chi connectivity index (χ0n) is 18.6. The Kier molecular flexibility index (Phi) is 9.39. The molecule has 0 aliphatic rings. The summed E-state index contributed by atoms with van der Waals surface area (Å²) in [7, 11) is 1.62. The van der Waals surface area contributed by atoms with Crippen LogP contribution < -0.4 is 10.1 Å². The average molecular weight is 411 g/mol. The summed E-state index contributed by atoms with van der Waals surface area (Å²) in [5, 5.41) is 2.87. The van der Waals surface area contributed by atoms with Gasteiger partial charge < -0.3 is 15.0 Å². The van der Waals surface area contributed by atoms with Crippen LogP contribution in [0.15, 0.2) is 48.5 Å². The third-order valence-corrected chi connectivity index (χ3v) is 5.28. The molecule has 0 aliphatic heterocycles. The van der Waals surface area contributed by atoms with Crippen LogP contribution in [0.1, 0.15) is 50.3 Å². The molecule has 0 spiro atoms. The number of aryl methyl sites for hydroxylation is 2. The molecule has 2 aromatic rings. The van der Waals surface area contributed by atoms with Crippen LogP contribution in [0.3, 0.4) is 0 Å². The van der Waals surface area contributed by atoms with E-state index in [0.29, 0.717) is 32.4 Å². The highest BCUT2D eigenvalue weighted by molar-refractivity contribution is 5.87. The molecule has 0 aliphatic carbocycles. The van der Waals surface area contributed by atoms with E-state index in [0.717, 1.165) is 23.3 Å². The van der Waals surface area contributed by atoms with Gasteiger partial charge in [-0.1, -0.05) is 50.2 Å². The van der Waals surface area contributed by atoms with Crippen molar-refractivity contribution in [1.82, 2.24) is 10.2 Å².